The first-order valence-electron chi connectivity index (χ1n) is 6.71. The van der Waals surface area contributed by atoms with Crippen LogP contribution in [0.5, 0.6) is 0 Å². The summed E-state index contributed by atoms with van der Waals surface area (Å²) >= 11 is 0. The number of hydrogen-bond donors (Lipinski definition) is 2. The summed E-state index contributed by atoms with van der Waals surface area (Å²) in [5.74, 6) is 0.149. The van der Waals surface area contributed by atoms with Crippen molar-refractivity contribution in [2.45, 2.75) is 39.2 Å². The lowest BCUT2D eigenvalue weighted by Crippen LogP contribution is -2.43. The summed E-state index contributed by atoms with van der Waals surface area (Å²) in [4.78, 5) is 12.0. The first kappa shape index (κ1) is 16.0. The Morgan fingerprint density at radius 3 is 2.68 bits per heavy atom. The Kier molecular flexibility index (Phi) is 6.32. The predicted molar refractivity (Wildman–Crippen MR) is 80.9 cm³/mol. The van der Waals surface area contributed by atoms with Gasteiger partial charge in [-0.3, -0.25) is 4.79 Å². The van der Waals surface area contributed by atoms with Crippen LogP contribution in [0.3, 0.4) is 0 Å². The van der Waals surface area contributed by atoms with Crippen molar-refractivity contribution in [3.05, 3.63) is 34.9 Å². The van der Waals surface area contributed by atoms with Gasteiger partial charge in [-0.2, -0.15) is 0 Å². The van der Waals surface area contributed by atoms with E-state index in [1.165, 1.54) is 11.1 Å². The Hall–Kier alpha value is -1.06. The molecule has 1 fully saturated rings. The number of amides is 1. The quantitative estimate of drug-likeness (QED) is 0.892. The second-order valence-electron chi connectivity index (χ2n) is 5.20. The summed E-state index contributed by atoms with van der Waals surface area (Å²) in [7, 11) is 0. The van der Waals surface area contributed by atoms with E-state index in [4.69, 9.17) is 0 Å². The highest BCUT2D eigenvalue weighted by Gasteiger charge is 2.15. The molecule has 0 atom stereocenters. The van der Waals surface area contributed by atoms with Gasteiger partial charge < -0.3 is 10.6 Å². The molecule has 0 spiro atoms. The number of aryl methyl sites for hydroxylation is 2. The highest BCUT2D eigenvalue weighted by Crippen LogP contribution is 2.12. The minimum atomic E-state index is 0. The van der Waals surface area contributed by atoms with E-state index in [0.717, 1.165) is 31.5 Å². The molecule has 1 aromatic rings. The smallest absolute Gasteiger partial charge is 0.224 e. The van der Waals surface area contributed by atoms with Crippen LogP contribution in [0.15, 0.2) is 18.2 Å². The van der Waals surface area contributed by atoms with Crippen molar-refractivity contribution in [1.29, 1.82) is 0 Å². The van der Waals surface area contributed by atoms with Gasteiger partial charge in [-0.25, -0.2) is 0 Å². The van der Waals surface area contributed by atoms with Crippen LogP contribution in [-0.4, -0.2) is 25.0 Å². The van der Waals surface area contributed by atoms with E-state index < -0.39 is 0 Å². The lowest BCUT2D eigenvalue weighted by atomic mass is 10.0. The van der Waals surface area contributed by atoms with Crippen molar-refractivity contribution in [2.75, 3.05) is 13.1 Å². The molecule has 1 aliphatic rings. The Morgan fingerprint density at radius 2 is 2.00 bits per heavy atom. The Morgan fingerprint density at radius 1 is 1.32 bits per heavy atom. The van der Waals surface area contributed by atoms with Crippen LogP contribution in [0.4, 0.5) is 0 Å². The summed E-state index contributed by atoms with van der Waals surface area (Å²) in [6.07, 6.45) is 2.58. The molecular formula is C15H23ClN2O. The van der Waals surface area contributed by atoms with Gasteiger partial charge in [0, 0.05) is 6.04 Å². The molecule has 4 heteroatoms. The molecule has 0 aliphatic carbocycles. The molecule has 1 aromatic carbocycles. The second kappa shape index (κ2) is 7.51. The van der Waals surface area contributed by atoms with Gasteiger partial charge in [0.2, 0.25) is 5.91 Å². The molecular weight excluding hydrogens is 260 g/mol. The van der Waals surface area contributed by atoms with Gasteiger partial charge in [0.1, 0.15) is 0 Å². The van der Waals surface area contributed by atoms with E-state index in [1.54, 1.807) is 0 Å². The van der Waals surface area contributed by atoms with Gasteiger partial charge in [-0.15, -0.1) is 12.4 Å². The van der Waals surface area contributed by atoms with Crippen molar-refractivity contribution in [3.8, 4) is 0 Å². The van der Waals surface area contributed by atoms with Crippen molar-refractivity contribution >= 4 is 18.3 Å². The second-order valence-corrected chi connectivity index (χ2v) is 5.20. The summed E-state index contributed by atoms with van der Waals surface area (Å²) in [6, 6.07) is 6.63. The molecule has 0 saturated carbocycles. The summed E-state index contributed by atoms with van der Waals surface area (Å²) in [5.41, 5.74) is 3.55. The zero-order valence-electron chi connectivity index (χ0n) is 11.7. The molecule has 1 aliphatic heterocycles. The molecule has 106 valence electrons. The highest BCUT2D eigenvalue weighted by atomic mass is 35.5. The fourth-order valence-corrected chi connectivity index (χ4v) is 2.41. The zero-order chi connectivity index (χ0) is 13.0. The van der Waals surface area contributed by atoms with Crippen LogP contribution >= 0.6 is 12.4 Å². The number of piperidine rings is 1. The molecule has 1 saturated heterocycles. The van der Waals surface area contributed by atoms with Crippen LogP contribution in [0, 0.1) is 13.8 Å². The van der Waals surface area contributed by atoms with Crippen molar-refractivity contribution in [3.63, 3.8) is 0 Å². The third kappa shape index (κ3) is 4.84. The lowest BCUT2D eigenvalue weighted by Gasteiger charge is -2.23. The van der Waals surface area contributed by atoms with E-state index in [2.05, 4.69) is 42.7 Å². The van der Waals surface area contributed by atoms with Gasteiger partial charge in [0.15, 0.2) is 0 Å². The standard InChI is InChI=1S/C15H22N2O.ClH/c1-11-3-4-12(2)13(9-11)10-15(18)17-14-5-7-16-8-6-14;/h3-4,9,14,16H,5-8,10H2,1-2H3,(H,17,18);1H. The fraction of sp³-hybridized carbons (Fsp3) is 0.533. The Balaban J connectivity index is 0.00000180. The van der Waals surface area contributed by atoms with Gasteiger partial charge in [-0.05, 0) is 50.9 Å². The molecule has 0 radical (unpaired) electrons. The van der Waals surface area contributed by atoms with Crippen LogP contribution in [0.2, 0.25) is 0 Å². The Bertz CT molecular complexity index is 428. The first-order chi connectivity index (χ1) is 8.65. The van der Waals surface area contributed by atoms with Crippen molar-refractivity contribution in [1.82, 2.24) is 10.6 Å². The van der Waals surface area contributed by atoms with Crippen molar-refractivity contribution < 1.29 is 4.79 Å². The van der Waals surface area contributed by atoms with E-state index in [1.807, 2.05) is 0 Å². The van der Waals surface area contributed by atoms with Gasteiger partial charge in [-0.1, -0.05) is 23.8 Å². The number of carbonyl (C=O) groups excluding carboxylic acids is 1. The van der Waals surface area contributed by atoms with E-state index >= 15 is 0 Å². The maximum absolute atomic E-state index is 12.0. The fourth-order valence-electron chi connectivity index (χ4n) is 2.41. The first-order valence-corrected chi connectivity index (χ1v) is 6.71. The average molecular weight is 283 g/mol. The number of rotatable bonds is 3. The number of carbonyl (C=O) groups is 1. The maximum Gasteiger partial charge on any atom is 0.224 e. The van der Waals surface area contributed by atoms with Crippen LogP contribution in [-0.2, 0) is 11.2 Å². The van der Waals surface area contributed by atoms with Crippen LogP contribution in [0.1, 0.15) is 29.5 Å². The van der Waals surface area contributed by atoms with Gasteiger partial charge >= 0.3 is 0 Å². The molecule has 0 aromatic heterocycles. The van der Waals surface area contributed by atoms with Crippen LogP contribution in [0.25, 0.3) is 0 Å². The number of halogens is 1. The van der Waals surface area contributed by atoms with Crippen LogP contribution < -0.4 is 10.6 Å². The molecule has 2 rings (SSSR count). The highest BCUT2D eigenvalue weighted by molar-refractivity contribution is 5.85. The monoisotopic (exact) mass is 282 g/mol. The molecule has 2 N–H and O–H groups in total. The molecule has 1 amide bonds. The summed E-state index contributed by atoms with van der Waals surface area (Å²) in [6.45, 7) is 6.14. The maximum atomic E-state index is 12.0. The minimum absolute atomic E-state index is 0. The topological polar surface area (TPSA) is 41.1 Å². The predicted octanol–water partition coefficient (Wildman–Crippen LogP) is 2.14. The number of hydrogen-bond acceptors (Lipinski definition) is 2. The SMILES string of the molecule is Cc1ccc(C)c(CC(=O)NC2CCNCC2)c1.Cl. The van der Waals surface area contributed by atoms with Crippen molar-refractivity contribution in [2.24, 2.45) is 0 Å². The summed E-state index contributed by atoms with van der Waals surface area (Å²) in [5, 5.41) is 6.44. The third-order valence-corrected chi connectivity index (χ3v) is 3.56. The zero-order valence-corrected chi connectivity index (χ0v) is 12.5. The average Bonchev–Trinajstić information content (AvgIpc) is 2.35. The third-order valence-electron chi connectivity index (χ3n) is 3.56. The Labute approximate surface area is 121 Å². The normalized spacial score (nSPS) is 15.7. The molecule has 19 heavy (non-hydrogen) atoms. The molecule has 0 unspecified atom stereocenters. The largest absolute Gasteiger partial charge is 0.353 e. The molecule has 0 bridgehead atoms. The number of nitrogens with one attached hydrogen (secondary N) is 2. The molecule has 1 heterocycles. The minimum Gasteiger partial charge on any atom is -0.353 e. The van der Waals surface area contributed by atoms with E-state index in [0.29, 0.717) is 12.5 Å². The van der Waals surface area contributed by atoms with Gasteiger partial charge in [0.25, 0.3) is 0 Å². The summed E-state index contributed by atoms with van der Waals surface area (Å²) < 4.78 is 0. The van der Waals surface area contributed by atoms with E-state index in [9.17, 15) is 4.79 Å². The lowest BCUT2D eigenvalue weighted by molar-refractivity contribution is -0.121. The molecule has 3 nitrogen and oxygen atoms in total. The van der Waals surface area contributed by atoms with Gasteiger partial charge in [0.05, 0.1) is 6.42 Å². The number of benzene rings is 1. The van der Waals surface area contributed by atoms with E-state index in [-0.39, 0.29) is 18.3 Å².